The van der Waals surface area contributed by atoms with Crippen molar-refractivity contribution in [2.24, 2.45) is 0 Å². The van der Waals surface area contributed by atoms with Crippen molar-refractivity contribution >= 4 is 5.97 Å². The molecule has 0 aliphatic heterocycles. The molecule has 94 valence electrons. The van der Waals surface area contributed by atoms with Gasteiger partial charge in [-0.05, 0) is 18.6 Å². The van der Waals surface area contributed by atoms with Gasteiger partial charge in [-0.15, -0.1) is 0 Å². The Bertz CT molecular complexity index is 606. The normalized spacial score (nSPS) is 10.4. The molecule has 0 saturated carbocycles. The summed E-state index contributed by atoms with van der Waals surface area (Å²) in [6.45, 7) is 1.74. The smallest absolute Gasteiger partial charge is 0.358 e. The number of rotatable bonds is 3. The molecule has 0 unspecified atom stereocenters. The molecule has 2 rings (SSSR count). The minimum atomic E-state index is -1.21. The zero-order valence-corrected chi connectivity index (χ0v) is 9.73. The Morgan fingerprint density at radius 2 is 2.22 bits per heavy atom. The summed E-state index contributed by atoms with van der Waals surface area (Å²) in [6.07, 6.45) is 0. The second-order valence-corrected chi connectivity index (χ2v) is 3.65. The lowest BCUT2D eigenvalue weighted by Gasteiger charge is -2.09. The van der Waals surface area contributed by atoms with Gasteiger partial charge in [-0.2, -0.15) is 0 Å². The first-order valence-corrected chi connectivity index (χ1v) is 5.08. The standard InChI is InChI=1S/C12H10FNO4/c1-6-3-4-7(13)11(17-2)10(6)9-5-8(12(15)16)14-18-9/h3-5H,1-2H3,(H,15,16). The average molecular weight is 251 g/mol. The summed E-state index contributed by atoms with van der Waals surface area (Å²) < 4.78 is 23.5. The monoisotopic (exact) mass is 251 g/mol. The van der Waals surface area contributed by atoms with Crippen LogP contribution in [0.5, 0.6) is 5.75 Å². The lowest BCUT2D eigenvalue weighted by atomic mass is 10.0. The van der Waals surface area contributed by atoms with Gasteiger partial charge in [0.15, 0.2) is 23.0 Å². The predicted octanol–water partition coefficient (Wildman–Crippen LogP) is 2.50. The highest BCUT2D eigenvalue weighted by atomic mass is 19.1. The molecule has 0 spiro atoms. The number of hydrogen-bond donors (Lipinski definition) is 1. The van der Waals surface area contributed by atoms with Crippen molar-refractivity contribution in [1.29, 1.82) is 0 Å². The molecule has 0 aliphatic carbocycles. The van der Waals surface area contributed by atoms with Gasteiger partial charge in [0.1, 0.15) is 0 Å². The molecule has 0 atom stereocenters. The van der Waals surface area contributed by atoms with Crippen LogP contribution in [-0.2, 0) is 0 Å². The van der Waals surface area contributed by atoms with Gasteiger partial charge in [-0.25, -0.2) is 9.18 Å². The number of carbonyl (C=O) groups is 1. The number of methoxy groups -OCH3 is 1. The Kier molecular flexibility index (Phi) is 3.01. The van der Waals surface area contributed by atoms with E-state index in [1.165, 1.54) is 19.2 Å². The molecule has 6 heteroatoms. The molecule has 5 nitrogen and oxygen atoms in total. The van der Waals surface area contributed by atoms with E-state index in [4.69, 9.17) is 14.4 Å². The molecular weight excluding hydrogens is 241 g/mol. The highest BCUT2D eigenvalue weighted by Crippen LogP contribution is 2.35. The summed E-state index contributed by atoms with van der Waals surface area (Å²) in [5.74, 6) is -1.60. The first kappa shape index (κ1) is 12.1. The highest BCUT2D eigenvalue weighted by Gasteiger charge is 2.20. The fraction of sp³-hybridized carbons (Fsp3) is 0.167. The molecule has 0 radical (unpaired) electrons. The number of nitrogens with zero attached hydrogens (tertiary/aromatic N) is 1. The van der Waals surface area contributed by atoms with Crippen LogP contribution in [0.1, 0.15) is 16.1 Å². The molecule has 1 N–H and O–H groups in total. The van der Waals surface area contributed by atoms with Gasteiger partial charge in [-0.3, -0.25) is 0 Å². The number of carboxylic acids is 1. The molecule has 2 aromatic rings. The summed E-state index contributed by atoms with van der Waals surface area (Å²) in [4.78, 5) is 10.7. The summed E-state index contributed by atoms with van der Waals surface area (Å²) in [5.41, 5.74) is 0.814. The number of benzene rings is 1. The number of hydrogen-bond acceptors (Lipinski definition) is 4. The van der Waals surface area contributed by atoms with Crippen molar-refractivity contribution in [3.8, 4) is 17.1 Å². The van der Waals surface area contributed by atoms with E-state index in [9.17, 15) is 9.18 Å². The molecule has 1 aromatic heterocycles. The molecule has 0 aliphatic rings. The molecular formula is C12H10FNO4. The molecule has 0 bridgehead atoms. The minimum absolute atomic E-state index is 0.00286. The third-order valence-corrected chi connectivity index (χ3v) is 2.50. The fourth-order valence-electron chi connectivity index (χ4n) is 1.66. The maximum Gasteiger partial charge on any atom is 0.358 e. The van der Waals surface area contributed by atoms with Gasteiger partial charge in [0.25, 0.3) is 0 Å². The summed E-state index contributed by atoms with van der Waals surface area (Å²) >= 11 is 0. The Morgan fingerprint density at radius 3 is 2.78 bits per heavy atom. The molecule has 0 saturated heterocycles. The summed E-state index contributed by atoms with van der Waals surface area (Å²) in [5, 5.41) is 12.2. The first-order chi connectivity index (χ1) is 8.54. The van der Waals surface area contributed by atoms with Crippen molar-refractivity contribution in [2.45, 2.75) is 6.92 Å². The Hall–Kier alpha value is -2.37. The average Bonchev–Trinajstić information content (AvgIpc) is 2.81. The zero-order chi connectivity index (χ0) is 13.3. The largest absolute Gasteiger partial charge is 0.493 e. The van der Waals surface area contributed by atoms with Gasteiger partial charge in [0.2, 0.25) is 0 Å². The Morgan fingerprint density at radius 1 is 1.50 bits per heavy atom. The minimum Gasteiger partial charge on any atom is -0.493 e. The zero-order valence-electron chi connectivity index (χ0n) is 9.73. The van der Waals surface area contributed by atoms with E-state index in [-0.39, 0.29) is 17.2 Å². The SMILES string of the molecule is COc1c(F)ccc(C)c1-c1cc(C(=O)O)no1. The number of aryl methyl sites for hydroxylation is 1. The third kappa shape index (κ3) is 1.92. The maximum atomic E-state index is 13.6. The quantitative estimate of drug-likeness (QED) is 0.907. The highest BCUT2D eigenvalue weighted by molar-refractivity contribution is 5.87. The number of aromatic carboxylic acids is 1. The van der Waals surface area contributed by atoms with Crippen molar-refractivity contribution in [1.82, 2.24) is 5.16 Å². The molecule has 1 aromatic carbocycles. The van der Waals surface area contributed by atoms with Crippen LogP contribution in [0.2, 0.25) is 0 Å². The van der Waals surface area contributed by atoms with Crippen LogP contribution in [-0.4, -0.2) is 23.3 Å². The van der Waals surface area contributed by atoms with E-state index in [1.54, 1.807) is 13.0 Å². The first-order valence-electron chi connectivity index (χ1n) is 5.08. The van der Waals surface area contributed by atoms with Crippen molar-refractivity contribution in [3.05, 3.63) is 35.3 Å². The molecule has 0 amide bonds. The van der Waals surface area contributed by atoms with Crippen molar-refractivity contribution in [2.75, 3.05) is 7.11 Å². The number of halogens is 1. The van der Waals surface area contributed by atoms with Crippen LogP contribution in [0.4, 0.5) is 4.39 Å². The Balaban J connectivity index is 2.62. The van der Waals surface area contributed by atoms with Crippen LogP contribution < -0.4 is 4.74 Å². The second kappa shape index (κ2) is 4.48. The van der Waals surface area contributed by atoms with Gasteiger partial charge < -0.3 is 14.4 Å². The number of ether oxygens (including phenoxy) is 1. The van der Waals surface area contributed by atoms with E-state index < -0.39 is 11.8 Å². The summed E-state index contributed by atoms with van der Waals surface area (Å²) in [6, 6.07) is 4.05. The molecule has 1 heterocycles. The van der Waals surface area contributed by atoms with Crippen LogP contribution in [0.3, 0.4) is 0 Å². The second-order valence-electron chi connectivity index (χ2n) is 3.65. The van der Waals surface area contributed by atoms with E-state index in [0.717, 1.165) is 0 Å². The van der Waals surface area contributed by atoms with Crippen LogP contribution in [0, 0.1) is 12.7 Å². The van der Waals surface area contributed by atoms with E-state index in [1.807, 2.05) is 0 Å². The van der Waals surface area contributed by atoms with Crippen LogP contribution >= 0.6 is 0 Å². The van der Waals surface area contributed by atoms with E-state index in [0.29, 0.717) is 11.1 Å². The number of aromatic nitrogens is 1. The third-order valence-electron chi connectivity index (χ3n) is 2.50. The van der Waals surface area contributed by atoms with Crippen LogP contribution in [0.25, 0.3) is 11.3 Å². The maximum absolute atomic E-state index is 13.6. The van der Waals surface area contributed by atoms with Gasteiger partial charge in [0.05, 0.1) is 12.7 Å². The van der Waals surface area contributed by atoms with E-state index >= 15 is 0 Å². The van der Waals surface area contributed by atoms with Crippen LogP contribution in [0.15, 0.2) is 22.7 Å². The Labute approximate surface area is 102 Å². The van der Waals surface area contributed by atoms with E-state index in [2.05, 4.69) is 5.16 Å². The predicted molar refractivity (Wildman–Crippen MR) is 60.1 cm³/mol. The lowest BCUT2D eigenvalue weighted by molar-refractivity contribution is 0.0686. The fourth-order valence-corrected chi connectivity index (χ4v) is 1.66. The molecule has 18 heavy (non-hydrogen) atoms. The topological polar surface area (TPSA) is 72.6 Å². The van der Waals surface area contributed by atoms with Gasteiger partial charge in [0, 0.05) is 6.07 Å². The van der Waals surface area contributed by atoms with Crippen molar-refractivity contribution < 1.29 is 23.6 Å². The molecule has 0 fully saturated rings. The van der Waals surface area contributed by atoms with Gasteiger partial charge in [-0.1, -0.05) is 11.2 Å². The number of carboxylic acid groups (broad SMARTS) is 1. The van der Waals surface area contributed by atoms with Crippen molar-refractivity contribution in [3.63, 3.8) is 0 Å². The summed E-state index contributed by atoms with van der Waals surface area (Å²) in [7, 11) is 1.33. The van der Waals surface area contributed by atoms with Gasteiger partial charge >= 0.3 is 5.97 Å². The lowest BCUT2D eigenvalue weighted by Crippen LogP contribution is -1.95.